The SMILES string of the molecule is CC1(C)O[C@@H]2[C@@H](Nc3cccc(C(F)(F)F)n3)CN(C3=CCN(C(=O)OCc4ccccc4)CC3(F)F)C[C@@H]2O1. The van der Waals surface area contributed by atoms with E-state index in [9.17, 15) is 18.0 Å². The standard InChI is InChI=1S/C27H29F5N4O4/c1-25(2)39-19-14-36(13-18(23(19)40-25)33-22-10-6-9-20(34-22)27(30,31)32)21-11-12-35(16-26(21,28)29)24(37)38-15-17-7-4-3-5-8-17/h3-11,18-19,23H,12-16H2,1-2H3,(H,33,34)/t18-,19-,23+/m0/s1. The number of anilines is 1. The summed E-state index contributed by atoms with van der Waals surface area (Å²) < 4.78 is 87.7. The van der Waals surface area contributed by atoms with Crippen molar-refractivity contribution in [2.75, 3.05) is 31.5 Å². The third-order valence-electron chi connectivity index (χ3n) is 6.88. The molecule has 0 spiro atoms. The second-order valence-electron chi connectivity index (χ2n) is 10.4. The summed E-state index contributed by atoms with van der Waals surface area (Å²) in [6.45, 7) is 2.40. The molecule has 2 fully saturated rings. The molecule has 40 heavy (non-hydrogen) atoms. The van der Waals surface area contributed by atoms with Crippen LogP contribution in [0.5, 0.6) is 0 Å². The van der Waals surface area contributed by atoms with Crippen molar-refractivity contribution >= 4 is 11.9 Å². The highest BCUT2D eigenvalue weighted by molar-refractivity contribution is 5.68. The van der Waals surface area contributed by atoms with Crippen molar-refractivity contribution in [3.05, 3.63) is 71.6 Å². The Labute approximate surface area is 227 Å². The molecule has 1 aromatic carbocycles. The van der Waals surface area contributed by atoms with E-state index in [4.69, 9.17) is 14.2 Å². The minimum Gasteiger partial charge on any atom is -0.445 e. The molecule has 0 bridgehead atoms. The summed E-state index contributed by atoms with van der Waals surface area (Å²) in [6.07, 6.45) is -5.49. The number of rotatable bonds is 5. The van der Waals surface area contributed by atoms with Gasteiger partial charge in [-0.1, -0.05) is 36.4 Å². The van der Waals surface area contributed by atoms with Crippen LogP contribution in [0.4, 0.5) is 32.6 Å². The molecule has 8 nitrogen and oxygen atoms in total. The first-order valence-electron chi connectivity index (χ1n) is 12.8. The Morgan fingerprint density at radius 2 is 1.85 bits per heavy atom. The molecular formula is C27H29F5N4O4. The maximum absolute atomic E-state index is 15.5. The van der Waals surface area contributed by atoms with E-state index in [-0.39, 0.29) is 37.8 Å². The van der Waals surface area contributed by atoms with Crippen LogP contribution in [0, 0.1) is 0 Å². The monoisotopic (exact) mass is 568 g/mol. The van der Waals surface area contributed by atoms with Gasteiger partial charge in [-0.15, -0.1) is 0 Å². The van der Waals surface area contributed by atoms with Crippen molar-refractivity contribution < 1.29 is 41.0 Å². The highest BCUT2D eigenvalue weighted by Gasteiger charge is 2.52. The molecule has 0 saturated carbocycles. The van der Waals surface area contributed by atoms with Gasteiger partial charge in [0.2, 0.25) is 0 Å². The Balaban J connectivity index is 1.32. The van der Waals surface area contributed by atoms with Gasteiger partial charge in [-0.25, -0.2) is 9.78 Å². The van der Waals surface area contributed by atoms with E-state index < -0.39 is 54.5 Å². The number of carbonyl (C=O) groups excluding carboxylic acids is 1. The maximum Gasteiger partial charge on any atom is 0.433 e. The Hall–Kier alpha value is -3.45. The predicted octanol–water partition coefficient (Wildman–Crippen LogP) is 4.89. The van der Waals surface area contributed by atoms with Gasteiger partial charge in [-0.3, -0.25) is 4.90 Å². The lowest BCUT2D eigenvalue weighted by Gasteiger charge is -2.44. The van der Waals surface area contributed by atoms with Crippen LogP contribution in [0.15, 0.2) is 60.3 Å². The van der Waals surface area contributed by atoms with Gasteiger partial charge in [0.05, 0.1) is 18.3 Å². The van der Waals surface area contributed by atoms with Gasteiger partial charge >= 0.3 is 18.2 Å². The topological polar surface area (TPSA) is 76.2 Å². The lowest BCUT2D eigenvalue weighted by atomic mass is 9.97. The van der Waals surface area contributed by atoms with Gasteiger partial charge < -0.3 is 24.4 Å². The summed E-state index contributed by atoms with van der Waals surface area (Å²) in [4.78, 5) is 18.5. The number of pyridine rings is 1. The number of piperidine rings is 1. The zero-order valence-corrected chi connectivity index (χ0v) is 21.8. The summed E-state index contributed by atoms with van der Waals surface area (Å²) in [7, 11) is 0. The average molecular weight is 569 g/mol. The highest BCUT2D eigenvalue weighted by Crippen LogP contribution is 2.39. The molecule has 0 aliphatic carbocycles. The molecule has 2 aromatic rings. The van der Waals surface area contributed by atoms with Crippen LogP contribution in [0.2, 0.25) is 0 Å². The molecule has 3 aliphatic rings. The van der Waals surface area contributed by atoms with Crippen LogP contribution in [-0.4, -0.2) is 77.0 Å². The summed E-state index contributed by atoms with van der Waals surface area (Å²) in [5, 5.41) is 2.94. The van der Waals surface area contributed by atoms with Gasteiger partial charge in [0.25, 0.3) is 0 Å². The lowest BCUT2D eigenvalue weighted by Crippen LogP contribution is -2.59. The molecule has 0 unspecified atom stereocenters. The number of likely N-dealkylation sites (tertiary alicyclic amines) is 1. The number of fused-ring (bicyclic) bond motifs is 1. The molecule has 4 heterocycles. The first-order chi connectivity index (χ1) is 18.8. The Morgan fingerprint density at radius 1 is 1.10 bits per heavy atom. The third-order valence-corrected chi connectivity index (χ3v) is 6.88. The Bertz CT molecular complexity index is 1260. The van der Waals surface area contributed by atoms with Gasteiger partial charge in [0, 0.05) is 19.6 Å². The van der Waals surface area contributed by atoms with Crippen LogP contribution in [0.1, 0.15) is 25.1 Å². The number of hydrogen-bond acceptors (Lipinski definition) is 7. The van der Waals surface area contributed by atoms with Crippen molar-refractivity contribution in [2.24, 2.45) is 0 Å². The van der Waals surface area contributed by atoms with Crippen molar-refractivity contribution in [3.63, 3.8) is 0 Å². The molecular weight excluding hydrogens is 539 g/mol. The Kier molecular flexibility index (Phi) is 7.38. The van der Waals surface area contributed by atoms with Gasteiger partial charge in [0.1, 0.15) is 30.3 Å². The number of benzene rings is 1. The zero-order valence-electron chi connectivity index (χ0n) is 21.8. The molecule has 3 aliphatic heterocycles. The van der Waals surface area contributed by atoms with E-state index >= 15 is 8.78 Å². The lowest BCUT2D eigenvalue weighted by molar-refractivity contribution is -0.145. The summed E-state index contributed by atoms with van der Waals surface area (Å²) in [6, 6.07) is 11.6. The van der Waals surface area contributed by atoms with E-state index in [1.807, 2.05) is 6.07 Å². The van der Waals surface area contributed by atoms with Crippen LogP contribution in [0.25, 0.3) is 0 Å². The number of nitrogens with one attached hydrogen (secondary N) is 1. The van der Waals surface area contributed by atoms with Crippen LogP contribution in [-0.2, 0) is 27.0 Å². The zero-order chi connectivity index (χ0) is 28.7. The normalized spacial score (nSPS) is 25.7. The molecule has 2 saturated heterocycles. The Morgan fingerprint density at radius 3 is 2.55 bits per heavy atom. The number of amides is 1. The molecule has 5 rings (SSSR count). The summed E-state index contributed by atoms with van der Waals surface area (Å²) in [5.41, 5.74) is -0.643. The molecule has 3 atom stereocenters. The average Bonchev–Trinajstić information content (AvgIpc) is 3.21. The van der Waals surface area contributed by atoms with E-state index in [1.165, 1.54) is 23.1 Å². The predicted molar refractivity (Wildman–Crippen MR) is 133 cm³/mol. The van der Waals surface area contributed by atoms with E-state index in [0.717, 1.165) is 16.5 Å². The number of aromatic nitrogens is 1. The minimum atomic E-state index is -4.64. The minimum absolute atomic E-state index is 0.0155. The fourth-order valence-corrected chi connectivity index (χ4v) is 5.21. The van der Waals surface area contributed by atoms with Crippen molar-refractivity contribution in [3.8, 4) is 0 Å². The van der Waals surface area contributed by atoms with Crippen LogP contribution in [0.3, 0.4) is 0 Å². The second-order valence-corrected chi connectivity index (χ2v) is 10.4. The largest absolute Gasteiger partial charge is 0.445 e. The van der Waals surface area contributed by atoms with Crippen molar-refractivity contribution in [1.82, 2.24) is 14.8 Å². The van der Waals surface area contributed by atoms with E-state index in [2.05, 4.69) is 10.3 Å². The first-order valence-corrected chi connectivity index (χ1v) is 12.8. The number of hydrogen-bond donors (Lipinski definition) is 1. The number of ether oxygens (including phenoxy) is 3. The number of nitrogens with zero attached hydrogens (tertiary/aromatic N) is 3. The summed E-state index contributed by atoms with van der Waals surface area (Å²) in [5.74, 6) is -4.49. The quantitative estimate of drug-likeness (QED) is 0.515. The van der Waals surface area contributed by atoms with Crippen LogP contribution < -0.4 is 5.32 Å². The third kappa shape index (κ3) is 6.15. The molecule has 1 amide bonds. The smallest absolute Gasteiger partial charge is 0.433 e. The highest BCUT2D eigenvalue weighted by atomic mass is 19.4. The number of halogens is 5. The van der Waals surface area contributed by atoms with E-state index in [0.29, 0.717) is 0 Å². The molecule has 0 radical (unpaired) electrons. The van der Waals surface area contributed by atoms with Gasteiger partial charge in [-0.05, 0) is 37.6 Å². The fourth-order valence-electron chi connectivity index (χ4n) is 5.21. The van der Waals surface area contributed by atoms with Gasteiger partial charge in [0.15, 0.2) is 5.79 Å². The van der Waals surface area contributed by atoms with Crippen molar-refractivity contribution in [2.45, 2.75) is 56.6 Å². The summed E-state index contributed by atoms with van der Waals surface area (Å²) >= 11 is 0. The first kappa shape index (κ1) is 28.1. The fraction of sp³-hybridized carbons (Fsp3) is 0.481. The molecule has 216 valence electrons. The maximum atomic E-state index is 15.5. The van der Waals surface area contributed by atoms with Crippen molar-refractivity contribution in [1.29, 1.82) is 0 Å². The van der Waals surface area contributed by atoms with Crippen LogP contribution >= 0.6 is 0 Å². The molecule has 13 heteroatoms. The molecule has 1 N–H and O–H groups in total. The number of alkyl halides is 5. The second kappa shape index (κ2) is 10.5. The number of carbonyl (C=O) groups is 1. The molecule has 1 aromatic heterocycles. The van der Waals surface area contributed by atoms with E-state index in [1.54, 1.807) is 38.1 Å². The van der Waals surface area contributed by atoms with Gasteiger partial charge in [-0.2, -0.15) is 22.0 Å².